The summed E-state index contributed by atoms with van der Waals surface area (Å²) in [4.78, 5) is 41.6. The smallest absolute Gasteiger partial charge is 0.325 e. The SMILES string of the molecule is CC1(C)C[C@@H]2C[C@@](C)(CN2C(=O)CC[C@@H]2NC(=O)N(Cc3ccc4c(c3)OCO4)C2=O)C1. The predicted octanol–water partition coefficient (Wildman–Crippen LogP) is 3.04. The van der Waals surface area contributed by atoms with E-state index in [1.54, 1.807) is 12.1 Å². The largest absolute Gasteiger partial charge is 0.454 e. The highest BCUT2D eigenvalue weighted by Gasteiger charge is 2.51. The third-order valence-corrected chi connectivity index (χ3v) is 7.27. The Bertz CT molecular complexity index is 976. The molecule has 8 heteroatoms. The lowest BCUT2D eigenvalue weighted by Crippen LogP contribution is -2.39. The lowest BCUT2D eigenvalue weighted by molar-refractivity contribution is -0.133. The molecular weight excluding hydrogens is 410 g/mol. The van der Waals surface area contributed by atoms with Crippen LogP contribution in [0.3, 0.4) is 0 Å². The molecule has 3 aliphatic heterocycles. The van der Waals surface area contributed by atoms with Crippen molar-refractivity contribution < 1.29 is 23.9 Å². The monoisotopic (exact) mass is 441 g/mol. The molecule has 4 amide bonds. The molecule has 0 unspecified atom stereocenters. The zero-order valence-electron chi connectivity index (χ0n) is 19.0. The number of rotatable bonds is 5. The van der Waals surface area contributed by atoms with Gasteiger partial charge < -0.3 is 19.7 Å². The summed E-state index contributed by atoms with van der Waals surface area (Å²) in [5, 5.41) is 2.75. The summed E-state index contributed by atoms with van der Waals surface area (Å²) < 4.78 is 10.7. The molecule has 8 nitrogen and oxygen atoms in total. The number of fused-ring (bicyclic) bond motifs is 3. The average molecular weight is 442 g/mol. The minimum absolute atomic E-state index is 0.0905. The molecule has 1 aliphatic carbocycles. The van der Waals surface area contributed by atoms with Crippen LogP contribution in [0.25, 0.3) is 0 Å². The van der Waals surface area contributed by atoms with E-state index < -0.39 is 12.1 Å². The first-order chi connectivity index (χ1) is 15.1. The van der Waals surface area contributed by atoms with Crippen molar-refractivity contribution in [1.29, 1.82) is 0 Å². The fourth-order valence-corrected chi connectivity index (χ4v) is 6.31. The van der Waals surface area contributed by atoms with Gasteiger partial charge in [-0.05, 0) is 54.2 Å². The number of ether oxygens (including phenoxy) is 2. The van der Waals surface area contributed by atoms with Gasteiger partial charge in [0.2, 0.25) is 12.7 Å². The molecule has 3 atom stereocenters. The van der Waals surface area contributed by atoms with Crippen molar-refractivity contribution >= 4 is 17.8 Å². The summed E-state index contributed by atoms with van der Waals surface area (Å²) in [5.41, 5.74) is 1.22. The van der Waals surface area contributed by atoms with Gasteiger partial charge in [-0.2, -0.15) is 0 Å². The predicted molar refractivity (Wildman–Crippen MR) is 116 cm³/mol. The lowest BCUT2D eigenvalue weighted by Gasteiger charge is -2.39. The number of imide groups is 1. The zero-order valence-corrected chi connectivity index (χ0v) is 19.0. The van der Waals surface area contributed by atoms with Crippen LogP contribution in [-0.4, -0.2) is 53.1 Å². The number of likely N-dealkylation sites (tertiary alicyclic amines) is 1. The Balaban J connectivity index is 1.18. The highest BCUT2D eigenvalue weighted by molar-refractivity contribution is 6.04. The van der Waals surface area contributed by atoms with Gasteiger partial charge in [0.05, 0.1) is 6.54 Å². The van der Waals surface area contributed by atoms with E-state index in [1.165, 1.54) is 4.90 Å². The summed E-state index contributed by atoms with van der Waals surface area (Å²) in [7, 11) is 0. The van der Waals surface area contributed by atoms with Crippen LogP contribution in [0.1, 0.15) is 58.4 Å². The average Bonchev–Trinajstić information content (AvgIpc) is 3.35. The minimum atomic E-state index is -0.658. The van der Waals surface area contributed by atoms with Crippen LogP contribution in [-0.2, 0) is 16.1 Å². The first kappa shape index (κ1) is 21.1. The molecule has 3 heterocycles. The van der Waals surface area contributed by atoms with E-state index in [0.717, 1.165) is 31.4 Å². The molecule has 0 radical (unpaired) electrons. The van der Waals surface area contributed by atoms with Crippen molar-refractivity contribution in [3.63, 3.8) is 0 Å². The van der Waals surface area contributed by atoms with Crippen LogP contribution in [0, 0.1) is 10.8 Å². The third kappa shape index (κ3) is 3.80. The highest BCUT2D eigenvalue weighted by atomic mass is 16.7. The van der Waals surface area contributed by atoms with E-state index in [1.807, 2.05) is 11.0 Å². The van der Waals surface area contributed by atoms with Crippen molar-refractivity contribution in [2.75, 3.05) is 13.3 Å². The summed E-state index contributed by atoms with van der Waals surface area (Å²) in [5.74, 6) is 1.08. The maximum Gasteiger partial charge on any atom is 0.325 e. The highest BCUT2D eigenvalue weighted by Crippen LogP contribution is 2.52. The van der Waals surface area contributed by atoms with Crippen molar-refractivity contribution in [1.82, 2.24) is 15.1 Å². The molecule has 172 valence electrons. The van der Waals surface area contributed by atoms with Crippen molar-refractivity contribution in [3.05, 3.63) is 23.8 Å². The third-order valence-electron chi connectivity index (χ3n) is 7.27. The molecule has 4 aliphatic rings. The molecule has 0 aromatic heterocycles. The lowest BCUT2D eigenvalue weighted by atomic mass is 9.65. The Hall–Kier alpha value is -2.77. The summed E-state index contributed by atoms with van der Waals surface area (Å²) in [6.07, 6.45) is 3.81. The molecular formula is C24H31N3O5. The van der Waals surface area contributed by atoms with Gasteiger partial charge in [-0.1, -0.05) is 26.8 Å². The molecule has 3 fully saturated rings. The molecule has 0 spiro atoms. The normalized spacial score (nSPS) is 30.1. The number of benzene rings is 1. The molecule has 2 bridgehead atoms. The molecule has 2 saturated heterocycles. The van der Waals surface area contributed by atoms with Gasteiger partial charge in [0.1, 0.15) is 6.04 Å². The van der Waals surface area contributed by atoms with E-state index in [-0.39, 0.29) is 48.4 Å². The Kier molecular flexibility index (Phi) is 4.87. The topological polar surface area (TPSA) is 88.2 Å². The van der Waals surface area contributed by atoms with Gasteiger partial charge in [-0.25, -0.2) is 4.79 Å². The fourth-order valence-electron chi connectivity index (χ4n) is 6.31. The van der Waals surface area contributed by atoms with Crippen molar-refractivity contribution in [2.24, 2.45) is 10.8 Å². The second-order valence-corrected chi connectivity index (χ2v) is 10.9. The second-order valence-electron chi connectivity index (χ2n) is 10.9. The zero-order chi connectivity index (χ0) is 22.7. The van der Waals surface area contributed by atoms with Crippen LogP contribution in [0.5, 0.6) is 11.5 Å². The van der Waals surface area contributed by atoms with E-state index in [9.17, 15) is 14.4 Å². The van der Waals surface area contributed by atoms with Crippen LogP contribution < -0.4 is 14.8 Å². The van der Waals surface area contributed by atoms with Crippen LogP contribution in [0.2, 0.25) is 0 Å². The number of amides is 4. The summed E-state index contributed by atoms with van der Waals surface area (Å²) in [6.45, 7) is 7.98. The van der Waals surface area contributed by atoms with Crippen molar-refractivity contribution in [2.45, 2.75) is 71.5 Å². The minimum Gasteiger partial charge on any atom is -0.454 e. The molecule has 1 aromatic rings. The Morgan fingerprint density at radius 2 is 1.94 bits per heavy atom. The van der Waals surface area contributed by atoms with Gasteiger partial charge in [-0.15, -0.1) is 0 Å². The number of hydrogen-bond acceptors (Lipinski definition) is 5. The first-order valence-corrected chi connectivity index (χ1v) is 11.4. The Morgan fingerprint density at radius 3 is 2.75 bits per heavy atom. The number of nitrogens with zero attached hydrogens (tertiary/aromatic N) is 2. The van der Waals surface area contributed by atoms with E-state index in [2.05, 4.69) is 26.1 Å². The summed E-state index contributed by atoms with van der Waals surface area (Å²) in [6, 6.07) is 4.59. The van der Waals surface area contributed by atoms with Crippen LogP contribution >= 0.6 is 0 Å². The van der Waals surface area contributed by atoms with Gasteiger partial charge in [0.15, 0.2) is 11.5 Å². The van der Waals surface area contributed by atoms with E-state index in [4.69, 9.17) is 9.47 Å². The van der Waals surface area contributed by atoms with Crippen molar-refractivity contribution in [3.8, 4) is 11.5 Å². The maximum atomic E-state index is 13.0. The Morgan fingerprint density at radius 1 is 1.16 bits per heavy atom. The first-order valence-electron chi connectivity index (χ1n) is 11.4. The van der Waals surface area contributed by atoms with Crippen LogP contribution in [0.4, 0.5) is 4.79 Å². The number of carbonyl (C=O) groups excluding carboxylic acids is 3. The van der Waals surface area contributed by atoms with E-state index in [0.29, 0.717) is 17.9 Å². The van der Waals surface area contributed by atoms with Gasteiger partial charge >= 0.3 is 6.03 Å². The van der Waals surface area contributed by atoms with Gasteiger partial charge in [0, 0.05) is 19.0 Å². The Labute approximate surface area is 188 Å². The van der Waals surface area contributed by atoms with Gasteiger partial charge in [-0.3, -0.25) is 14.5 Å². The number of nitrogens with one attached hydrogen (secondary N) is 1. The quantitative estimate of drug-likeness (QED) is 0.710. The second kappa shape index (κ2) is 7.39. The molecule has 1 N–H and O–H groups in total. The molecule has 1 aromatic carbocycles. The number of hydrogen-bond donors (Lipinski definition) is 1. The van der Waals surface area contributed by atoms with Crippen LogP contribution in [0.15, 0.2) is 18.2 Å². The standard InChI is InChI=1S/C24H31N3O5/c1-23(2)9-16-10-24(3,12-23)13-27(16)20(28)7-5-17-21(29)26(22(30)25-17)11-15-4-6-18-19(8-15)32-14-31-18/h4,6,8,16-17H,5,7,9-14H2,1-3H3,(H,25,30)/t16-,17+,24-/m1/s1. The van der Waals surface area contributed by atoms with Gasteiger partial charge in [0.25, 0.3) is 5.91 Å². The van der Waals surface area contributed by atoms with E-state index >= 15 is 0 Å². The number of carbonyl (C=O) groups is 3. The molecule has 1 saturated carbocycles. The number of urea groups is 1. The summed E-state index contributed by atoms with van der Waals surface area (Å²) >= 11 is 0. The maximum absolute atomic E-state index is 13.0. The fraction of sp³-hybridized carbons (Fsp3) is 0.625. The molecule has 32 heavy (non-hydrogen) atoms. The molecule has 5 rings (SSSR count).